The van der Waals surface area contributed by atoms with E-state index in [9.17, 15) is 4.79 Å². The van der Waals surface area contributed by atoms with Crippen molar-refractivity contribution in [3.05, 3.63) is 70.3 Å². The van der Waals surface area contributed by atoms with Crippen molar-refractivity contribution < 1.29 is 4.79 Å². The van der Waals surface area contributed by atoms with Crippen LogP contribution in [-0.4, -0.2) is 5.78 Å². The Kier molecular flexibility index (Phi) is 3.61. The molecular weight excluding hydrogens is 220 g/mol. The summed E-state index contributed by atoms with van der Waals surface area (Å²) in [6.45, 7) is 6.19. The molecule has 0 unspecified atom stereocenters. The van der Waals surface area contributed by atoms with Crippen LogP contribution in [0.5, 0.6) is 0 Å². The van der Waals surface area contributed by atoms with Crippen LogP contribution in [0, 0.1) is 20.8 Å². The van der Waals surface area contributed by atoms with Crippen LogP contribution in [0.25, 0.3) is 0 Å². The summed E-state index contributed by atoms with van der Waals surface area (Å²) >= 11 is 0. The summed E-state index contributed by atoms with van der Waals surface area (Å²) in [4.78, 5) is 12.1. The molecule has 0 aliphatic heterocycles. The Balaban J connectivity index is 2.16. The van der Waals surface area contributed by atoms with E-state index < -0.39 is 0 Å². The summed E-state index contributed by atoms with van der Waals surface area (Å²) in [6.07, 6.45) is 0.476. The van der Waals surface area contributed by atoms with E-state index in [-0.39, 0.29) is 5.78 Å². The summed E-state index contributed by atoms with van der Waals surface area (Å²) in [5, 5.41) is 0. The van der Waals surface area contributed by atoms with Crippen LogP contribution in [0.2, 0.25) is 0 Å². The van der Waals surface area contributed by atoms with Gasteiger partial charge in [0.2, 0.25) is 0 Å². The highest BCUT2D eigenvalue weighted by Crippen LogP contribution is 2.13. The van der Waals surface area contributed by atoms with Gasteiger partial charge in [0.25, 0.3) is 0 Å². The number of hydrogen-bond donors (Lipinski definition) is 0. The Morgan fingerprint density at radius 3 is 2.17 bits per heavy atom. The molecule has 0 N–H and O–H groups in total. The van der Waals surface area contributed by atoms with Crippen molar-refractivity contribution in [3.63, 3.8) is 0 Å². The average Bonchev–Trinajstić information content (AvgIpc) is 2.34. The molecule has 0 saturated heterocycles. The van der Waals surface area contributed by atoms with Crippen molar-refractivity contribution >= 4 is 5.78 Å². The van der Waals surface area contributed by atoms with E-state index in [4.69, 9.17) is 0 Å². The summed E-state index contributed by atoms with van der Waals surface area (Å²) in [5.74, 6) is 0.179. The zero-order valence-electron chi connectivity index (χ0n) is 11.2. The number of carbonyl (C=O) groups excluding carboxylic acids is 1. The highest BCUT2D eigenvalue weighted by Gasteiger charge is 2.07. The number of aryl methyl sites for hydroxylation is 3. The first-order chi connectivity index (χ1) is 8.56. The van der Waals surface area contributed by atoms with Crippen molar-refractivity contribution in [2.45, 2.75) is 27.2 Å². The van der Waals surface area contributed by atoms with E-state index in [1.807, 2.05) is 37.3 Å². The normalized spacial score (nSPS) is 10.4. The van der Waals surface area contributed by atoms with Gasteiger partial charge >= 0.3 is 0 Å². The van der Waals surface area contributed by atoms with Gasteiger partial charge in [-0.15, -0.1) is 0 Å². The zero-order valence-corrected chi connectivity index (χ0v) is 11.2. The zero-order chi connectivity index (χ0) is 13.1. The van der Waals surface area contributed by atoms with Gasteiger partial charge in [-0.05, 0) is 37.5 Å². The van der Waals surface area contributed by atoms with Crippen molar-refractivity contribution in [1.82, 2.24) is 0 Å². The summed E-state index contributed by atoms with van der Waals surface area (Å²) in [5.41, 5.74) is 5.56. The molecule has 18 heavy (non-hydrogen) atoms. The van der Waals surface area contributed by atoms with E-state index in [1.54, 1.807) is 0 Å². The van der Waals surface area contributed by atoms with Crippen LogP contribution in [-0.2, 0) is 6.42 Å². The third kappa shape index (κ3) is 2.86. The van der Waals surface area contributed by atoms with Gasteiger partial charge in [-0.1, -0.05) is 48.0 Å². The Labute approximate surface area is 108 Å². The fourth-order valence-electron chi connectivity index (χ4n) is 1.94. The minimum Gasteiger partial charge on any atom is -0.294 e. The smallest absolute Gasteiger partial charge is 0.167 e. The number of benzene rings is 2. The van der Waals surface area contributed by atoms with Crippen molar-refractivity contribution in [2.24, 2.45) is 0 Å². The van der Waals surface area contributed by atoms with Crippen LogP contribution in [0.4, 0.5) is 0 Å². The van der Waals surface area contributed by atoms with Crippen molar-refractivity contribution in [2.75, 3.05) is 0 Å². The van der Waals surface area contributed by atoms with Crippen LogP contribution in [0.3, 0.4) is 0 Å². The van der Waals surface area contributed by atoms with Gasteiger partial charge in [0, 0.05) is 12.0 Å². The van der Waals surface area contributed by atoms with Crippen molar-refractivity contribution in [1.29, 1.82) is 0 Å². The molecule has 0 atom stereocenters. The van der Waals surface area contributed by atoms with E-state index in [0.29, 0.717) is 6.42 Å². The van der Waals surface area contributed by atoms with Gasteiger partial charge in [0.1, 0.15) is 0 Å². The summed E-state index contributed by atoms with van der Waals surface area (Å²) < 4.78 is 0. The fraction of sp³-hybridized carbons (Fsp3) is 0.235. The molecule has 2 aromatic rings. The minimum absolute atomic E-state index is 0.179. The minimum atomic E-state index is 0.179. The van der Waals surface area contributed by atoms with Gasteiger partial charge in [0.05, 0.1) is 0 Å². The topological polar surface area (TPSA) is 17.1 Å². The Morgan fingerprint density at radius 1 is 0.889 bits per heavy atom. The SMILES string of the molecule is Cc1ccc(C(=O)Cc2ccc(C)c(C)c2)cc1. The predicted octanol–water partition coefficient (Wildman–Crippen LogP) is 4.04. The number of rotatable bonds is 3. The third-order valence-corrected chi connectivity index (χ3v) is 3.31. The first kappa shape index (κ1) is 12.6. The maximum Gasteiger partial charge on any atom is 0.167 e. The lowest BCUT2D eigenvalue weighted by atomic mass is 9.99. The number of ketones is 1. The number of Topliss-reactive ketones (excluding diaryl/α,β-unsaturated/α-hetero) is 1. The lowest BCUT2D eigenvalue weighted by Gasteiger charge is -2.05. The monoisotopic (exact) mass is 238 g/mol. The molecule has 0 aromatic heterocycles. The molecule has 0 amide bonds. The first-order valence-corrected chi connectivity index (χ1v) is 6.22. The Morgan fingerprint density at radius 2 is 1.56 bits per heavy atom. The highest BCUT2D eigenvalue weighted by atomic mass is 16.1. The van der Waals surface area contributed by atoms with Crippen LogP contribution >= 0.6 is 0 Å². The van der Waals surface area contributed by atoms with Gasteiger partial charge in [-0.2, -0.15) is 0 Å². The van der Waals surface area contributed by atoms with E-state index in [2.05, 4.69) is 26.0 Å². The maximum absolute atomic E-state index is 12.1. The molecule has 0 aliphatic carbocycles. The number of hydrogen-bond acceptors (Lipinski definition) is 1. The average molecular weight is 238 g/mol. The molecule has 92 valence electrons. The molecule has 2 aromatic carbocycles. The molecule has 0 fully saturated rings. The molecule has 2 rings (SSSR count). The summed E-state index contributed by atoms with van der Waals surface area (Å²) in [7, 11) is 0. The lowest BCUT2D eigenvalue weighted by molar-refractivity contribution is 0.0993. The second-order valence-electron chi connectivity index (χ2n) is 4.88. The predicted molar refractivity (Wildman–Crippen MR) is 75.1 cm³/mol. The second kappa shape index (κ2) is 5.18. The molecular formula is C17H18O. The van der Waals surface area contributed by atoms with Crippen LogP contribution in [0.1, 0.15) is 32.6 Å². The first-order valence-electron chi connectivity index (χ1n) is 6.22. The van der Waals surface area contributed by atoms with Gasteiger partial charge in [0.15, 0.2) is 5.78 Å². The second-order valence-corrected chi connectivity index (χ2v) is 4.88. The Bertz CT molecular complexity index is 565. The van der Waals surface area contributed by atoms with Crippen LogP contribution < -0.4 is 0 Å². The molecule has 0 bridgehead atoms. The lowest BCUT2D eigenvalue weighted by Crippen LogP contribution is -2.03. The quantitative estimate of drug-likeness (QED) is 0.738. The maximum atomic E-state index is 12.1. The molecule has 1 nitrogen and oxygen atoms in total. The standard InChI is InChI=1S/C17H18O/c1-12-4-8-16(9-5-12)17(18)11-15-7-6-13(2)14(3)10-15/h4-10H,11H2,1-3H3. The van der Waals surface area contributed by atoms with E-state index in [1.165, 1.54) is 16.7 Å². The number of carbonyl (C=O) groups is 1. The fourth-order valence-corrected chi connectivity index (χ4v) is 1.94. The van der Waals surface area contributed by atoms with Gasteiger partial charge < -0.3 is 0 Å². The van der Waals surface area contributed by atoms with E-state index in [0.717, 1.165) is 11.1 Å². The molecule has 0 spiro atoms. The van der Waals surface area contributed by atoms with Crippen molar-refractivity contribution in [3.8, 4) is 0 Å². The van der Waals surface area contributed by atoms with Gasteiger partial charge in [-0.3, -0.25) is 4.79 Å². The molecule has 1 heteroatoms. The molecule has 0 saturated carbocycles. The molecule has 0 radical (unpaired) electrons. The Hall–Kier alpha value is -1.89. The van der Waals surface area contributed by atoms with E-state index >= 15 is 0 Å². The third-order valence-electron chi connectivity index (χ3n) is 3.31. The molecule has 0 heterocycles. The molecule has 0 aliphatic rings. The largest absolute Gasteiger partial charge is 0.294 e. The summed E-state index contributed by atoms with van der Waals surface area (Å²) in [6, 6.07) is 14.0. The van der Waals surface area contributed by atoms with Crippen LogP contribution in [0.15, 0.2) is 42.5 Å². The van der Waals surface area contributed by atoms with Gasteiger partial charge in [-0.25, -0.2) is 0 Å². The highest BCUT2D eigenvalue weighted by molar-refractivity contribution is 5.97.